The van der Waals surface area contributed by atoms with E-state index in [9.17, 15) is 9.59 Å². The van der Waals surface area contributed by atoms with E-state index in [1.54, 1.807) is 13.2 Å². The van der Waals surface area contributed by atoms with E-state index in [0.29, 0.717) is 18.7 Å². The Morgan fingerprint density at radius 3 is 2.81 bits per heavy atom. The van der Waals surface area contributed by atoms with Crippen LogP contribution in [0.3, 0.4) is 0 Å². The highest BCUT2D eigenvalue weighted by Crippen LogP contribution is 2.21. The van der Waals surface area contributed by atoms with E-state index in [1.165, 1.54) is 22.1 Å². The fraction of sp³-hybridized carbons (Fsp3) is 0.211. The van der Waals surface area contributed by atoms with Gasteiger partial charge in [-0.15, -0.1) is 11.3 Å². The Kier molecular flexibility index (Phi) is 5.80. The van der Waals surface area contributed by atoms with Gasteiger partial charge < -0.3 is 10.1 Å². The fourth-order valence-corrected chi connectivity index (χ4v) is 3.25. The number of benzene rings is 1. The Labute approximate surface area is 155 Å². The Bertz CT molecular complexity index is 935. The van der Waals surface area contributed by atoms with Gasteiger partial charge in [-0.2, -0.15) is 5.10 Å². The van der Waals surface area contributed by atoms with Crippen LogP contribution in [-0.4, -0.2) is 29.3 Å². The number of hydrogen-bond acceptors (Lipinski definition) is 5. The van der Waals surface area contributed by atoms with Gasteiger partial charge in [0.25, 0.3) is 5.56 Å². The molecule has 0 saturated heterocycles. The second-order valence-electron chi connectivity index (χ2n) is 5.60. The number of amides is 1. The molecular formula is C19H19N3O3S. The van der Waals surface area contributed by atoms with Crippen LogP contribution in [0.1, 0.15) is 5.56 Å². The van der Waals surface area contributed by atoms with E-state index in [2.05, 4.69) is 10.4 Å². The van der Waals surface area contributed by atoms with Gasteiger partial charge in [0.15, 0.2) is 0 Å². The van der Waals surface area contributed by atoms with Crippen molar-refractivity contribution in [2.24, 2.45) is 0 Å². The van der Waals surface area contributed by atoms with Crippen LogP contribution >= 0.6 is 11.3 Å². The molecule has 0 fully saturated rings. The molecule has 2 aromatic heterocycles. The number of ether oxygens (including phenoxy) is 1. The van der Waals surface area contributed by atoms with E-state index < -0.39 is 0 Å². The highest BCUT2D eigenvalue weighted by Gasteiger charge is 2.09. The lowest BCUT2D eigenvalue weighted by Gasteiger charge is -2.10. The van der Waals surface area contributed by atoms with Crippen LogP contribution in [0.2, 0.25) is 0 Å². The van der Waals surface area contributed by atoms with Crippen LogP contribution in [0.15, 0.2) is 58.7 Å². The quantitative estimate of drug-likeness (QED) is 0.694. The van der Waals surface area contributed by atoms with E-state index in [0.717, 1.165) is 16.2 Å². The van der Waals surface area contributed by atoms with Gasteiger partial charge in [-0.05, 0) is 35.6 Å². The van der Waals surface area contributed by atoms with Crippen LogP contribution in [0.5, 0.6) is 5.75 Å². The molecular weight excluding hydrogens is 350 g/mol. The topological polar surface area (TPSA) is 73.2 Å². The third-order valence-electron chi connectivity index (χ3n) is 3.84. The van der Waals surface area contributed by atoms with Crippen LogP contribution in [-0.2, 0) is 17.8 Å². The summed E-state index contributed by atoms with van der Waals surface area (Å²) in [6, 6.07) is 14.6. The number of para-hydroxylation sites is 1. The maximum atomic E-state index is 12.2. The van der Waals surface area contributed by atoms with E-state index in [1.807, 2.05) is 41.8 Å². The number of methoxy groups -OCH3 is 1. The summed E-state index contributed by atoms with van der Waals surface area (Å²) >= 11 is 1.53. The molecule has 0 aliphatic rings. The van der Waals surface area contributed by atoms with Crippen molar-refractivity contribution < 1.29 is 9.53 Å². The first kappa shape index (κ1) is 17.9. The molecule has 134 valence electrons. The van der Waals surface area contributed by atoms with Crippen molar-refractivity contribution >= 4 is 17.2 Å². The molecule has 1 amide bonds. The minimum atomic E-state index is -0.301. The lowest BCUT2D eigenvalue weighted by Crippen LogP contribution is -2.34. The van der Waals surface area contributed by atoms with Crippen molar-refractivity contribution in [3.05, 3.63) is 69.8 Å². The van der Waals surface area contributed by atoms with E-state index >= 15 is 0 Å². The van der Waals surface area contributed by atoms with Crippen molar-refractivity contribution in [3.8, 4) is 16.3 Å². The zero-order valence-electron chi connectivity index (χ0n) is 14.3. The number of rotatable bonds is 7. The number of thiophene rings is 1. The molecule has 0 atom stereocenters. The predicted molar refractivity (Wildman–Crippen MR) is 102 cm³/mol. The number of carbonyl (C=O) groups is 1. The average Bonchev–Trinajstić information content (AvgIpc) is 3.18. The first-order valence-corrected chi connectivity index (χ1v) is 9.06. The van der Waals surface area contributed by atoms with Crippen molar-refractivity contribution in [2.75, 3.05) is 13.7 Å². The van der Waals surface area contributed by atoms with Gasteiger partial charge in [0.2, 0.25) is 5.91 Å². The summed E-state index contributed by atoms with van der Waals surface area (Å²) in [6.45, 7) is 0.350. The van der Waals surface area contributed by atoms with Gasteiger partial charge in [-0.1, -0.05) is 24.3 Å². The van der Waals surface area contributed by atoms with E-state index in [-0.39, 0.29) is 18.0 Å². The molecule has 1 aromatic carbocycles. The van der Waals surface area contributed by atoms with Gasteiger partial charge in [0.1, 0.15) is 18.0 Å². The second-order valence-corrected chi connectivity index (χ2v) is 6.55. The molecule has 0 spiro atoms. The number of hydrogen-bond donors (Lipinski definition) is 1. The lowest BCUT2D eigenvalue weighted by atomic mass is 10.1. The van der Waals surface area contributed by atoms with E-state index in [4.69, 9.17) is 4.74 Å². The van der Waals surface area contributed by atoms with Gasteiger partial charge in [-0.25, -0.2) is 4.68 Å². The smallest absolute Gasteiger partial charge is 0.267 e. The second kappa shape index (κ2) is 8.44. The highest BCUT2D eigenvalue weighted by atomic mass is 32.1. The summed E-state index contributed by atoms with van der Waals surface area (Å²) in [5.41, 5.74) is 1.40. The van der Waals surface area contributed by atoms with Crippen molar-refractivity contribution in [2.45, 2.75) is 13.0 Å². The number of nitrogens with zero attached hydrogens (tertiary/aromatic N) is 2. The third kappa shape index (κ3) is 4.37. The maximum Gasteiger partial charge on any atom is 0.267 e. The Morgan fingerprint density at radius 1 is 1.19 bits per heavy atom. The van der Waals surface area contributed by atoms with Crippen LogP contribution < -0.4 is 15.6 Å². The molecule has 2 heterocycles. The van der Waals surface area contributed by atoms with Gasteiger partial charge in [0.05, 0.1) is 12.0 Å². The molecule has 0 bridgehead atoms. The molecule has 0 aliphatic heterocycles. The summed E-state index contributed by atoms with van der Waals surface area (Å²) < 4.78 is 6.48. The van der Waals surface area contributed by atoms with Crippen LogP contribution in [0, 0.1) is 0 Å². The molecule has 6 nitrogen and oxygen atoms in total. The maximum absolute atomic E-state index is 12.2. The molecule has 3 aromatic rings. The minimum Gasteiger partial charge on any atom is -0.496 e. The van der Waals surface area contributed by atoms with Gasteiger partial charge >= 0.3 is 0 Å². The lowest BCUT2D eigenvalue weighted by molar-refractivity contribution is -0.121. The van der Waals surface area contributed by atoms with Crippen molar-refractivity contribution in [3.63, 3.8) is 0 Å². The summed E-state index contributed by atoms with van der Waals surface area (Å²) in [5, 5.41) is 9.04. The third-order valence-corrected chi connectivity index (χ3v) is 4.74. The summed E-state index contributed by atoms with van der Waals surface area (Å²) in [7, 11) is 1.62. The first-order valence-electron chi connectivity index (χ1n) is 8.18. The van der Waals surface area contributed by atoms with Crippen molar-refractivity contribution in [1.82, 2.24) is 15.1 Å². The zero-order valence-corrected chi connectivity index (χ0v) is 15.2. The fourth-order valence-electron chi connectivity index (χ4n) is 2.56. The summed E-state index contributed by atoms with van der Waals surface area (Å²) in [6.07, 6.45) is 0.646. The SMILES string of the molecule is COc1ccccc1CCNC(=O)Cn1nc(-c2cccs2)ccc1=O. The van der Waals surface area contributed by atoms with Crippen LogP contribution in [0.4, 0.5) is 0 Å². The normalized spacial score (nSPS) is 10.5. The monoisotopic (exact) mass is 369 g/mol. The molecule has 1 N–H and O–H groups in total. The van der Waals surface area contributed by atoms with Crippen LogP contribution in [0.25, 0.3) is 10.6 Å². The molecule has 7 heteroatoms. The molecule has 0 saturated carbocycles. The highest BCUT2D eigenvalue weighted by molar-refractivity contribution is 7.13. The number of nitrogens with one attached hydrogen (secondary N) is 1. The first-order chi connectivity index (χ1) is 12.7. The molecule has 26 heavy (non-hydrogen) atoms. The molecule has 0 unspecified atom stereocenters. The molecule has 0 radical (unpaired) electrons. The number of carbonyl (C=O) groups excluding carboxylic acids is 1. The minimum absolute atomic E-state index is 0.107. The summed E-state index contributed by atoms with van der Waals surface area (Å²) in [5.74, 6) is 0.543. The van der Waals surface area contributed by atoms with Gasteiger partial charge in [-0.3, -0.25) is 9.59 Å². The average molecular weight is 369 g/mol. The standard InChI is InChI=1S/C19H19N3O3S/c1-25-16-6-3-2-5-14(16)10-11-20-18(23)13-22-19(24)9-8-15(21-22)17-7-4-12-26-17/h2-9,12H,10-11,13H2,1H3,(H,20,23). The molecule has 3 rings (SSSR count). The largest absolute Gasteiger partial charge is 0.496 e. The Hall–Kier alpha value is -2.93. The Balaban J connectivity index is 1.60. The van der Waals surface area contributed by atoms with Gasteiger partial charge in [0, 0.05) is 12.6 Å². The zero-order chi connectivity index (χ0) is 18.4. The van der Waals surface area contributed by atoms with Crippen molar-refractivity contribution in [1.29, 1.82) is 0 Å². The molecule has 0 aliphatic carbocycles. The Morgan fingerprint density at radius 2 is 2.04 bits per heavy atom. The predicted octanol–water partition coefficient (Wildman–Crippen LogP) is 2.34. The number of aromatic nitrogens is 2. The summed E-state index contributed by atoms with van der Waals surface area (Å²) in [4.78, 5) is 25.1.